The molecule has 0 aromatic carbocycles. The number of nitrogens with one attached hydrogen (secondary N) is 1. The van der Waals surface area contributed by atoms with Crippen molar-refractivity contribution < 1.29 is 14.7 Å². The van der Waals surface area contributed by atoms with Crippen LogP contribution in [0.4, 0.5) is 5.69 Å². The van der Waals surface area contributed by atoms with E-state index in [0.717, 1.165) is 10.2 Å². The summed E-state index contributed by atoms with van der Waals surface area (Å²) in [4.78, 5) is 27.8. The monoisotopic (exact) mass is 368 g/mol. The maximum Gasteiger partial charge on any atom is 0.356 e. The average molecular weight is 369 g/mol. The molecule has 2 heterocycles. The van der Waals surface area contributed by atoms with Crippen LogP contribution in [0, 0.1) is 0 Å². The molecule has 2 aromatic heterocycles. The summed E-state index contributed by atoms with van der Waals surface area (Å²) in [5, 5.41) is 11.6. The minimum atomic E-state index is -1.16. The molecule has 0 bridgehead atoms. The Balaban J connectivity index is 1.86. The zero-order valence-corrected chi connectivity index (χ0v) is 13.4. The lowest BCUT2D eigenvalue weighted by Crippen LogP contribution is -2.15. The van der Waals surface area contributed by atoms with Gasteiger partial charge < -0.3 is 10.4 Å². The number of thiophene rings is 1. The van der Waals surface area contributed by atoms with Crippen molar-refractivity contribution in [3.8, 4) is 0 Å². The smallest absolute Gasteiger partial charge is 0.356 e. The number of halogens is 1. The van der Waals surface area contributed by atoms with Crippen molar-refractivity contribution in [1.82, 2.24) is 4.98 Å². The van der Waals surface area contributed by atoms with Gasteiger partial charge >= 0.3 is 5.97 Å². The van der Waals surface area contributed by atoms with E-state index in [9.17, 15) is 9.59 Å². The van der Waals surface area contributed by atoms with Gasteiger partial charge in [0, 0.05) is 17.5 Å². The molecule has 110 valence electrons. The highest BCUT2D eigenvalue weighted by atomic mass is 79.9. The third-order valence-corrected chi connectivity index (χ3v) is 4.42. The van der Waals surface area contributed by atoms with Crippen molar-refractivity contribution in [3.05, 3.63) is 44.8 Å². The second kappa shape index (κ2) is 7.33. The molecule has 7 heteroatoms. The molecule has 0 aliphatic carbocycles. The molecule has 5 nitrogen and oxygen atoms in total. The van der Waals surface area contributed by atoms with Gasteiger partial charge in [0.15, 0.2) is 5.69 Å². The first kappa shape index (κ1) is 15.7. The Bertz CT molecular complexity index is 657. The molecule has 2 N–H and O–H groups in total. The number of pyridine rings is 1. The van der Waals surface area contributed by atoms with E-state index in [1.807, 2.05) is 12.1 Å². The predicted molar refractivity (Wildman–Crippen MR) is 84.8 cm³/mol. The van der Waals surface area contributed by atoms with E-state index in [1.165, 1.54) is 17.1 Å². The van der Waals surface area contributed by atoms with E-state index in [-0.39, 0.29) is 17.3 Å². The standard InChI is InChI=1S/C14H13BrN2O3S/c15-11-7-6-9(21-11)3-1-5-12(18)17-10-4-2-8-16-13(10)14(19)20/h2,4,6-8H,1,3,5H2,(H,17,18)(H,19,20). The number of aryl methyl sites for hydroxylation is 1. The molecule has 1 amide bonds. The van der Waals surface area contributed by atoms with E-state index in [1.54, 1.807) is 17.4 Å². The molecule has 0 aliphatic heterocycles. The predicted octanol–water partition coefficient (Wildman–Crippen LogP) is 3.57. The molecule has 0 saturated heterocycles. The molecule has 0 spiro atoms. The molecule has 21 heavy (non-hydrogen) atoms. The van der Waals surface area contributed by atoms with E-state index in [2.05, 4.69) is 26.2 Å². The highest BCUT2D eigenvalue weighted by Gasteiger charge is 2.13. The topological polar surface area (TPSA) is 79.3 Å². The number of amides is 1. The van der Waals surface area contributed by atoms with Gasteiger partial charge in [-0.1, -0.05) is 0 Å². The van der Waals surface area contributed by atoms with Crippen molar-refractivity contribution in [2.75, 3.05) is 5.32 Å². The number of carbonyl (C=O) groups excluding carboxylic acids is 1. The maximum absolute atomic E-state index is 11.8. The second-order valence-electron chi connectivity index (χ2n) is 4.31. The van der Waals surface area contributed by atoms with Crippen LogP contribution < -0.4 is 5.32 Å². The number of hydrogen-bond acceptors (Lipinski definition) is 4. The average Bonchev–Trinajstić information content (AvgIpc) is 2.85. The number of nitrogens with zero attached hydrogens (tertiary/aromatic N) is 1. The molecule has 0 radical (unpaired) electrons. The fourth-order valence-electron chi connectivity index (χ4n) is 1.80. The number of hydrogen-bond donors (Lipinski definition) is 2. The van der Waals surface area contributed by atoms with Crippen molar-refractivity contribution in [2.24, 2.45) is 0 Å². The summed E-state index contributed by atoms with van der Waals surface area (Å²) in [6, 6.07) is 7.13. The van der Waals surface area contributed by atoms with E-state index < -0.39 is 5.97 Å². The third kappa shape index (κ3) is 4.64. The zero-order chi connectivity index (χ0) is 15.2. The number of aromatic carboxylic acids is 1. The minimum Gasteiger partial charge on any atom is -0.476 e. The summed E-state index contributed by atoms with van der Waals surface area (Å²) >= 11 is 5.04. The lowest BCUT2D eigenvalue weighted by atomic mass is 10.2. The zero-order valence-electron chi connectivity index (χ0n) is 11.0. The van der Waals surface area contributed by atoms with Gasteiger partial charge in [-0.2, -0.15) is 0 Å². The normalized spacial score (nSPS) is 10.3. The van der Waals surface area contributed by atoms with E-state index in [0.29, 0.717) is 12.8 Å². The van der Waals surface area contributed by atoms with Gasteiger partial charge in [0.25, 0.3) is 0 Å². The quantitative estimate of drug-likeness (QED) is 0.816. The molecule has 2 rings (SSSR count). The maximum atomic E-state index is 11.8. The van der Waals surface area contributed by atoms with E-state index >= 15 is 0 Å². The Hall–Kier alpha value is -1.73. The Morgan fingerprint density at radius 2 is 2.14 bits per heavy atom. The van der Waals surface area contributed by atoms with Crippen molar-refractivity contribution >= 4 is 44.8 Å². The van der Waals surface area contributed by atoms with Gasteiger partial charge in [-0.15, -0.1) is 11.3 Å². The van der Waals surface area contributed by atoms with E-state index in [4.69, 9.17) is 5.11 Å². The summed E-state index contributed by atoms with van der Waals surface area (Å²) in [5.41, 5.74) is 0.0851. The number of rotatable bonds is 6. The molecule has 0 fully saturated rings. The lowest BCUT2D eigenvalue weighted by molar-refractivity contribution is -0.116. The summed E-state index contributed by atoms with van der Waals surface area (Å²) in [5.74, 6) is -1.37. The van der Waals surface area contributed by atoms with Crippen molar-refractivity contribution in [2.45, 2.75) is 19.3 Å². The van der Waals surface area contributed by atoms with Crippen molar-refractivity contribution in [3.63, 3.8) is 0 Å². The Morgan fingerprint density at radius 1 is 1.33 bits per heavy atom. The van der Waals surface area contributed by atoms with Crippen LogP contribution >= 0.6 is 27.3 Å². The van der Waals surface area contributed by atoms with Crippen LogP contribution in [0.5, 0.6) is 0 Å². The van der Waals surface area contributed by atoms with Gasteiger partial charge in [-0.3, -0.25) is 4.79 Å². The highest BCUT2D eigenvalue weighted by Crippen LogP contribution is 2.23. The molecule has 0 atom stereocenters. The van der Waals surface area contributed by atoms with Gasteiger partial charge in [0.1, 0.15) is 0 Å². The summed E-state index contributed by atoms with van der Waals surface area (Å²) < 4.78 is 1.07. The van der Waals surface area contributed by atoms with Crippen molar-refractivity contribution in [1.29, 1.82) is 0 Å². The van der Waals surface area contributed by atoms with Crippen LogP contribution in [0.2, 0.25) is 0 Å². The Labute approximate surface area is 134 Å². The van der Waals surface area contributed by atoms with Gasteiger partial charge in [-0.05, 0) is 53.0 Å². The first-order valence-electron chi connectivity index (χ1n) is 6.28. The van der Waals surface area contributed by atoms with Crippen LogP contribution in [-0.4, -0.2) is 22.0 Å². The third-order valence-electron chi connectivity index (χ3n) is 2.74. The SMILES string of the molecule is O=C(CCCc1ccc(Br)s1)Nc1cccnc1C(=O)O. The molecular weight excluding hydrogens is 356 g/mol. The minimum absolute atomic E-state index is 0.145. The second-order valence-corrected chi connectivity index (χ2v) is 6.86. The molecule has 2 aromatic rings. The first-order chi connectivity index (χ1) is 10.1. The van der Waals surface area contributed by atoms with Gasteiger partial charge in [-0.25, -0.2) is 9.78 Å². The number of aromatic nitrogens is 1. The Morgan fingerprint density at radius 3 is 2.81 bits per heavy atom. The first-order valence-corrected chi connectivity index (χ1v) is 7.89. The molecule has 0 aliphatic rings. The summed E-state index contributed by atoms with van der Waals surface area (Å²) in [6.07, 6.45) is 3.25. The largest absolute Gasteiger partial charge is 0.476 e. The van der Waals surface area contributed by atoms with Gasteiger partial charge in [0.05, 0.1) is 9.47 Å². The fraction of sp³-hybridized carbons (Fsp3) is 0.214. The Kier molecular flexibility index (Phi) is 5.46. The van der Waals surface area contributed by atoms with Gasteiger partial charge in [0.2, 0.25) is 5.91 Å². The molecule has 0 saturated carbocycles. The highest BCUT2D eigenvalue weighted by molar-refractivity contribution is 9.11. The summed E-state index contributed by atoms with van der Waals surface area (Å²) in [7, 11) is 0. The van der Waals surface area contributed by atoms with Crippen LogP contribution in [0.15, 0.2) is 34.2 Å². The lowest BCUT2D eigenvalue weighted by Gasteiger charge is -2.07. The molecular formula is C14H13BrN2O3S. The number of carboxylic acid groups (broad SMARTS) is 1. The molecule has 0 unspecified atom stereocenters. The van der Waals surface area contributed by atoms with Crippen LogP contribution in [0.1, 0.15) is 28.2 Å². The number of anilines is 1. The number of carbonyl (C=O) groups is 2. The van der Waals surface area contributed by atoms with Crippen LogP contribution in [0.3, 0.4) is 0 Å². The fourth-order valence-corrected chi connectivity index (χ4v) is 3.32. The van der Waals surface area contributed by atoms with Crippen LogP contribution in [0.25, 0.3) is 0 Å². The summed E-state index contributed by atoms with van der Waals surface area (Å²) in [6.45, 7) is 0. The number of carboxylic acids is 1. The van der Waals surface area contributed by atoms with Crippen LogP contribution in [-0.2, 0) is 11.2 Å².